The molecule has 0 bridgehead atoms. The van der Waals surface area contributed by atoms with Gasteiger partial charge in [0.2, 0.25) is 0 Å². The van der Waals surface area contributed by atoms with Gasteiger partial charge in [-0.15, -0.1) is 5.10 Å². The fourth-order valence-corrected chi connectivity index (χ4v) is 1.38. The summed E-state index contributed by atoms with van der Waals surface area (Å²) < 4.78 is 0. The van der Waals surface area contributed by atoms with Crippen molar-refractivity contribution < 1.29 is 34.4 Å². The van der Waals surface area contributed by atoms with Crippen molar-refractivity contribution in [3.63, 3.8) is 0 Å². The van der Waals surface area contributed by atoms with Crippen LogP contribution in [0.2, 0.25) is 0 Å². The Morgan fingerprint density at radius 1 is 1.47 bits per heavy atom. The number of fused-ring (bicyclic) bond motifs is 1. The third kappa shape index (κ3) is 2.96. The van der Waals surface area contributed by atoms with Crippen LogP contribution in [0.4, 0.5) is 0 Å². The smallest absolute Gasteiger partial charge is 0.789 e. The van der Waals surface area contributed by atoms with Crippen LogP contribution in [0.25, 0.3) is 11.0 Å². The average Bonchev–Trinajstić information content (AvgIpc) is 2.59. The molecule has 17 heavy (non-hydrogen) atoms. The molecule has 0 spiro atoms. The summed E-state index contributed by atoms with van der Waals surface area (Å²) >= 11 is 0. The molecule has 0 aliphatic carbocycles. The number of benzene rings is 1. The predicted molar refractivity (Wildman–Crippen MR) is 58.9 cm³/mol. The average molecular weight is 242 g/mol. The van der Waals surface area contributed by atoms with Gasteiger partial charge in [-0.3, -0.25) is 9.64 Å². The van der Waals surface area contributed by atoms with Crippen LogP contribution < -0.4 is 34.9 Å². The predicted octanol–water partition coefficient (Wildman–Crippen LogP) is -2.08. The Labute approximate surface area is 120 Å². The summed E-state index contributed by atoms with van der Waals surface area (Å²) in [6.45, 7) is 3.74. The zero-order valence-electron chi connectivity index (χ0n) is 9.97. The molecule has 0 atom stereocenters. The van der Waals surface area contributed by atoms with Crippen LogP contribution in [0.15, 0.2) is 18.2 Å². The maximum atomic E-state index is 11.7. The topological polar surface area (TPSA) is 82.9 Å². The van der Waals surface area contributed by atoms with Gasteiger partial charge in [0.25, 0.3) is 5.91 Å². The molecule has 2 rings (SSSR count). The minimum atomic E-state index is -0.210. The monoisotopic (exact) mass is 242 g/mol. The molecule has 2 aromatic rings. The molecule has 1 N–H and O–H groups in total. The Balaban J connectivity index is 0.00000144. The molecule has 0 unspecified atom stereocenters. The minimum Gasteiger partial charge on any atom is -0.789 e. The van der Waals surface area contributed by atoms with Gasteiger partial charge >= 0.3 is 29.6 Å². The molecule has 0 saturated carbocycles. The number of nitrogens with zero attached hydrogens (tertiary/aromatic N) is 3. The van der Waals surface area contributed by atoms with Crippen molar-refractivity contribution >= 4 is 16.9 Å². The summed E-state index contributed by atoms with van der Waals surface area (Å²) in [5.74, 6) is -0.210. The van der Waals surface area contributed by atoms with Crippen molar-refractivity contribution in [3.8, 4) is 0 Å². The Morgan fingerprint density at radius 2 is 2.18 bits per heavy atom. The van der Waals surface area contributed by atoms with E-state index in [0.29, 0.717) is 21.4 Å². The first-order valence-corrected chi connectivity index (χ1v) is 4.92. The molecular formula is C10H11N4NaO2. The van der Waals surface area contributed by atoms with Crippen molar-refractivity contribution in [1.29, 1.82) is 0 Å². The van der Waals surface area contributed by atoms with Gasteiger partial charge in [-0.2, -0.15) is 0 Å². The Kier molecular flexibility index (Phi) is 4.50. The second-order valence-corrected chi connectivity index (χ2v) is 3.79. The molecular weight excluding hydrogens is 231 g/mol. The maximum absolute atomic E-state index is 11.7. The summed E-state index contributed by atoms with van der Waals surface area (Å²) in [5.41, 5.74) is 1.22. The fourth-order valence-electron chi connectivity index (χ4n) is 1.38. The van der Waals surface area contributed by atoms with E-state index >= 15 is 0 Å². The van der Waals surface area contributed by atoms with Crippen LogP contribution in [0, 0.1) is 5.21 Å². The molecule has 0 aliphatic heterocycles. The Morgan fingerprint density at radius 3 is 2.82 bits per heavy atom. The van der Waals surface area contributed by atoms with E-state index in [1.165, 1.54) is 6.07 Å². The van der Waals surface area contributed by atoms with E-state index in [-0.39, 0.29) is 41.5 Å². The van der Waals surface area contributed by atoms with E-state index in [2.05, 4.69) is 15.6 Å². The quantitative estimate of drug-likeness (QED) is 0.613. The van der Waals surface area contributed by atoms with Crippen molar-refractivity contribution in [1.82, 2.24) is 20.5 Å². The second-order valence-electron chi connectivity index (χ2n) is 3.79. The van der Waals surface area contributed by atoms with Gasteiger partial charge in [0.05, 0.1) is 5.52 Å². The van der Waals surface area contributed by atoms with Crippen LogP contribution >= 0.6 is 0 Å². The third-order valence-corrected chi connectivity index (χ3v) is 2.10. The molecule has 1 aromatic carbocycles. The first-order chi connectivity index (χ1) is 7.58. The number of hydrogen-bond acceptors (Lipinski definition) is 4. The summed E-state index contributed by atoms with van der Waals surface area (Å²) in [4.78, 5) is 12.1. The van der Waals surface area contributed by atoms with E-state index in [9.17, 15) is 10.0 Å². The van der Waals surface area contributed by atoms with Crippen molar-refractivity contribution in [2.24, 2.45) is 0 Å². The number of carbonyl (C=O) groups is 1. The molecule has 1 amide bonds. The number of hydrogen-bond donors (Lipinski definition) is 1. The summed E-state index contributed by atoms with van der Waals surface area (Å²) in [6, 6.07) is 4.76. The molecule has 1 heterocycles. The van der Waals surface area contributed by atoms with Crippen molar-refractivity contribution in [2.45, 2.75) is 19.9 Å². The zero-order chi connectivity index (χ0) is 11.7. The first-order valence-electron chi connectivity index (χ1n) is 4.92. The number of aromatic nitrogens is 3. The zero-order valence-corrected chi connectivity index (χ0v) is 12.0. The van der Waals surface area contributed by atoms with Gasteiger partial charge in [0.15, 0.2) is 0 Å². The molecule has 0 aliphatic rings. The van der Waals surface area contributed by atoms with E-state index < -0.39 is 0 Å². The first kappa shape index (κ1) is 14.0. The minimum absolute atomic E-state index is 0. The van der Waals surface area contributed by atoms with Crippen LogP contribution in [-0.2, 0) is 0 Å². The van der Waals surface area contributed by atoms with Crippen LogP contribution in [0.5, 0.6) is 0 Å². The molecule has 6 nitrogen and oxygen atoms in total. The molecule has 0 saturated heterocycles. The summed E-state index contributed by atoms with van der Waals surface area (Å²) in [5, 5.41) is 20.9. The molecule has 0 radical (unpaired) electrons. The third-order valence-electron chi connectivity index (χ3n) is 2.10. The number of carbonyl (C=O) groups excluding carboxylic acids is 1. The maximum Gasteiger partial charge on any atom is 1.00 e. The molecule has 84 valence electrons. The largest absolute Gasteiger partial charge is 1.00 e. The normalized spacial score (nSPS) is 10.3. The van der Waals surface area contributed by atoms with Gasteiger partial charge in [-0.25, -0.2) is 0 Å². The SMILES string of the molecule is CC(C)NC(=O)c1ccc2nnn([O-])c2c1.[Na+]. The van der Waals surface area contributed by atoms with Crippen LogP contribution in [0.1, 0.15) is 24.2 Å². The standard InChI is InChI=1S/C10H11N4O2.Na/c1-6(2)11-10(15)7-3-4-8-9(5-7)14(16)13-12-8;/h3-6H,1-2H3,(H,11,15);/q-1;+1. The van der Waals surface area contributed by atoms with Gasteiger partial charge in [-0.05, 0) is 32.0 Å². The van der Waals surface area contributed by atoms with E-state index in [0.717, 1.165) is 0 Å². The molecule has 7 heteroatoms. The van der Waals surface area contributed by atoms with E-state index in [4.69, 9.17) is 0 Å². The number of rotatable bonds is 2. The van der Waals surface area contributed by atoms with E-state index in [1.54, 1.807) is 12.1 Å². The van der Waals surface area contributed by atoms with E-state index in [1.807, 2.05) is 13.8 Å². The van der Waals surface area contributed by atoms with Crippen LogP contribution in [0.3, 0.4) is 0 Å². The Bertz CT molecular complexity index is 538. The summed E-state index contributed by atoms with van der Waals surface area (Å²) in [6.07, 6.45) is 0. The van der Waals surface area contributed by atoms with Gasteiger partial charge in [0, 0.05) is 11.6 Å². The van der Waals surface area contributed by atoms with Gasteiger partial charge in [0.1, 0.15) is 5.52 Å². The number of nitrogens with one attached hydrogen (secondary N) is 1. The van der Waals surface area contributed by atoms with Gasteiger partial charge < -0.3 is 10.5 Å². The van der Waals surface area contributed by atoms with Gasteiger partial charge in [-0.1, -0.05) is 5.21 Å². The van der Waals surface area contributed by atoms with Crippen LogP contribution in [-0.4, -0.2) is 27.1 Å². The van der Waals surface area contributed by atoms with Crippen molar-refractivity contribution in [3.05, 3.63) is 29.0 Å². The molecule has 1 aromatic heterocycles. The molecule has 0 fully saturated rings. The van der Waals surface area contributed by atoms with Crippen molar-refractivity contribution in [2.75, 3.05) is 0 Å². The summed E-state index contributed by atoms with van der Waals surface area (Å²) in [7, 11) is 0. The fraction of sp³-hybridized carbons (Fsp3) is 0.300. The number of amides is 1. The Hall–Kier alpha value is -1.11. The second kappa shape index (κ2) is 5.48.